The highest BCUT2D eigenvalue weighted by Gasteiger charge is 2.14. The van der Waals surface area contributed by atoms with Crippen LogP contribution in [0.4, 0.5) is 5.69 Å². The van der Waals surface area contributed by atoms with E-state index in [1.807, 2.05) is 0 Å². The van der Waals surface area contributed by atoms with Crippen LogP contribution in [-0.4, -0.2) is 13.1 Å². The fourth-order valence-electron chi connectivity index (χ4n) is 2.04. The van der Waals surface area contributed by atoms with E-state index in [1.165, 1.54) is 12.1 Å². The topological polar surface area (TPSA) is 29.3 Å². The molecule has 1 rings (SSSR count). The lowest BCUT2D eigenvalue weighted by atomic mass is 10.0. The molecule has 0 aromatic heterocycles. The average Bonchev–Trinajstić information content (AvgIpc) is 2.27. The van der Waals surface area contributed by atoms with Crippen LogP contribution in [-0.2, 0) is 6.54 Å². The van der Waals surface area contributed by atoms with Crippen molar-refractivity contribution in [3.8, 4) is 0 Å². The Balaban J connectivity index is 2.84. The van der Waals surface area contributed by atoms with Crippen LogP contribution in [0.5, 0.6) is 0 Å². The van der Waals surface area contributed by atoms with Crippen LogP contribution < -0.4 is 10.6 Å². The predicted molar refractivity (Wildman–Crippen MR) is 79.4 cm³/mol. The number of halogens is 1. The smallest absolute Gasteiger partial charge is 0.0510 e. The molecule has 17 heavy (non-hydrogen) atoms. The van der Waals surface area contributed by atoms with Crippen LogP contribution in [0, 0.1) is 5.92 Å². The SMILES string of the molecule is CC(C)CC(C)N(C)c1ccc(CN)cc1Br. The third-order valence-corrected chi connectivity index (χ3v) is 3.74. The molecule has 1 unspecified atom stereocenters. The van der Waals surface area contributed by atoms with Crippen LogP contribution in [0.1, 0.15) is 32.8 Å². The quantitative estimate of drug-likeness (QED) is 0.896. The molecule has 0 aliphatic carbocycles. The van der Waals surface area contributed by atoms with Gasteiger partial charge in [0.15, 0.2) is 0 Å². The van der Waals surface area contributed by atoms with Gasteiger partial charge in [0.2, 0.25) is 0 Å². The highest BCUT2D eigenvalue weighted by atomic mass is 79.9. The number of nitrogens with two attached hydrogens (primary N) is 1. The van der Waals surface area contributed by atoms with Gasteiger partial charge in [-0.1, -0.05) is 19.9 Å². The van der Waals surface area contributed by atoms with Crippen molar-refractivity contribution in [1.82, 2.24) is 0 Å². The van der Waals surface area contributed by atoms with Gasteiger partial charge < -0.3 is 10.6 Å². The molecule has 0 saturated carbocycles. The summed E-state index contributed by atoms with van der Waals surface area (Å²) < 4.78 is 1.12. The lowest BCUT2D eigenvalue weighted by molar-refractivity contribution is 0.504. The summed E-state index contributed by atoms with van der Waals surface area (Å²) in [6, 6.07) is 6.88. The zero-order chi connectivity index (χ0) is 13.0. The third-order valence-electron chi connectivity index (χ3n) is 3.10. The molecule has 0 aliphatic rings. The number of nitrogens with zero attached hydrogens (tertiary/aromatic N) is 1. The zero-order valence-electron chi connectivity index (χ0n) is 11.2. The molecule has 0 aliphatic heterocycles. The first-order valence-electron chi connectivity index (χ1n) is 6.17. The van der Waals surface area contributed by atoms with Crippen molar-refractivity contribution in [3.63, 3.8) is 0 Å². The largest absolute Gasteiger partial charge is 0.371 e. The minimum atomic E-state index is 0.537. The molecule has 0 fully saturated rings. The zero-order valence-corrected chi connectivity index (χ0v) is 12.8. The normalized spacial score (nSPS) is 12.9. The summed E-state index contributed by atoms with van der Waals surface area (Å²) in [7, 11) is 2.15. The molecule has 96 valence electrons. The van der Waals surface area contributed by atoms with E-state index in [2.05, 4.69) is 66.8 Å². The first kappa shape index (κ1) is 14.5. The van der Waals surface area contributed by atoms with Gasteiger partial charge >= 0.3 is 0 Å². The monoisotopic (exact) mass is 298 g/mol. The number of hydrogen-bond acceptors (Lipinski definition) is 2. The number of hydrogen-bond donors (Lipinski definition) is 1. The lowest BCUT2D eigenvalue weighted by Gasteiger charge is -2.29. The van der Waals surface area contributed by atoms with Crippen molar-refractivity contribution in [2.75, 3.05) is 11.9 Å². The second kappa shape index (κ2) is 6.41. The summed E-state index contributed by atoms with van der Waals surface area (Å²) in [4.78, 5) is 2.32. The highest BCUT2D eigenvalue weighted by molar-refractivity contribution is 9.10. The molecule has 1 atom stereocenters. The first-order chi connectivity index (χ1) is 7.95. The van der Waals surface area contributed by atoms with E-state index in [-0.39, 0.29) is 0 Å². The first-order valence-corrected chi connectivity index (χ1v) is 6.96. The van der Waals surface area contributed by atoms with Gasteiger partial charge in [-0.15, -0.1) is 0 Å². The molecule has 0 saturated heterocycles. The molecule has 1 aromatic rings. The fourth-order valence-corrected chi connectivity index (χ4v) is 2.75. The van der Waals surface area contributed by atoms with Gasteiger partial charge in [0, 0.05) is 24.1 Å². The maximum atomic E-state index is 5.64. The van der Waals surface area contributed by atoms with E-state index in [0.29, 0.717) is 12.6 Å². The summed E-state index contributed by atoms with van der Waals surface area (Å²) in [6.45, 7) is 7.38. The van der Waals surface area contributed by atoms with Crippen LogP contribution in [0.25, 0.3) is 0 Å². The standard InChI is InChI=1S/C14H23BrN2/c1-10(2)7-11(3)17(4)14-6-5-12(9-16)8-13(14)15/h5-6,8,10-11H,7,9,16H2,1-4H3. The number of benzene rings is 1. The Labute approximate surface area is 113 Å². The molecule has 0 radical (unpaired) electrons. The molecule has 0 bridgehead atoms. The molecule has 3 heteroatoms. The van der Waals surface area contributed by atoms with Crippen LogP contribution in [0.15, 0.2) is 22.7 Å². The van der Waals surface area contributed by atoms with Crippen molar-refractivity contribution in [3.05, 3.63) is 28.2 Å². The lowest BCUT2D eigenvalue weighted by Crippen LogP contribution is -2.30. The summed E-state index contributed by atoms with van der Waals surface area (Å²) in [6.07, 6.45) is 1.20. The molecule has 1 aromatic carbocycles. The second-order valence-electron chi connectivity index (χ2n) is 5.08. The van der Waals surface area contributed by atoms with E-state index in [1.54, 1.807) is 0 Å². The van der Waals surface area contributed by atoms with Crippen molar-refractivity contribution in [2.45, 2.75) is 39.8 Å². The van der Waals surface area contributed by atoms with E-state index in [0.717, 1.165) is 16.0 Å². The summed E-state index contributed by atoms with van der Waals surface area (Å²) in [5.41, 5.74) is 8.03. The summed E-state index contributed by atoms with van der Waals surface area (Å²) >= 11 is 3.63. The molecule has 0 spiro atoms. The Morgan fingerprint density at radius 3 is 2.41 bits per heavy atom. The van der Waals surface area contributed by atoms with Crippen LogP contribution in [0.2, 0.25) is 0 Å². The molecule has 0 amide bonds. The Kier molecular flexibility index (Phi) is 5.47. The van der Waals surface area contributed by atoms with Gasteiger partial charge in [0.05, 0.1) is 5.69 Å². The van der Waals surface area contributed by atoms with Gasteiger partial charge in [0.1, 0.15) is 0 Å². The minimum Gasteiger partial charge on any atom is -0.371 e. The van der Waals surface area contributed by atoms with Gasteiger partial charge in [-0.25, -0.2) is 0 Å². The number of anilines is 1. The van der Waals surface area contributed by atoms with Crippen LogP contribution >= 0.6 is 15.9 Å². The molecule has 0 heterocycles. The highest BCUT2D eigenvalue weighted by Crippen LogP contribution is 2.29. The maximum Gasteiger partial charge on any atom is 0.0510 e. The van der Waals surface area contributed by atoms with Gasteiger partial charge in [-0.05, 0) is 52.9 Å². The Hall–Kier alpha value is -0.540. The van der Waals surface area contributed by atoms with E-state index in [9.17, 15) is 0 Å². The van der Waals surface area contributed by atoms with E-state index < -0.39 is 0 Å². The van der Waals surface area contributed by atoms with Gasteiger partial charge in [0.25, 0.3) is 0 Å². The second-order valence-corrected chi connectivity index (χ2v) is 5.93. The van der Waals surface area contributed by atoms with Crippen molar-refractivity contribution >= 4 is 21.6 Å². The third kappa shape index (κ3) is 4.00. The Bertz CT molecular complexity index is 363. The maximum absolute atomic E-state index is 5.64. The molecule has 2 N–H and O–H groups in total. The summed E-state index contributed by atoms with van der Waals surface area (Å²) in [5, 5.41) is 0. The van der Waals surface area contributed by atoms with Crippen molar-refractivity contribution < 1.29 is 0 Å². The Morgan fingerprint density at radius 1 is 1.29 bits per heavy atom. The average molecular weight is 299 g/mol. The molecule has 2 nitrogen and oxygen atoms in total. The number of rotatable bonds is 5. The molecular weight excluding hydrogens is 276 g/mol. The summed E-state index contributed by atoms with van der Waals surface area (Å²) in [5.74, 6) is 0.717. The van der Waals surface area contributed by atoms with E-state index >= 15 is 0 Å². The van der Waals surface area contributed by atoms with Gasteiger partial charge in [-0.3, -0.25) is 0 Å². The minimum absolute atomic E-state index is 0.537. The van der Waals surface area contributed by atoms with Crippen molar-refractivity contribution in [2.24, 2.45) is 11.7 Å². The van der Waals surface area contributed by atoms with E-state index in [4.69, 9.17) is 5.73 Å². The fraction of sp³-hybridized carbons (Fsp3) is 0.571. The molecular formula is C14H23BrN2. The predicted octanol–water partition coefficient (Wildman–Crippen LogP) is 3.78. The van der Waals surface area contributed by atoms with Crippen molar-refractivity contribution in [1.29, 1.82) is 0 Å². The Morgan fingerprint density at radius 2 is 1.94 bits per heavy atom. The van der Waals surface area contributed by atoms with Crippen LogP contribution in [0.3, 0.4) is 0 Å². The van der Waals surface area contributed by atoms with Gasteiger partial charge in [-0.2, -0.15) is 0 Å².